The molecule has 2 N–H and O–H groups in total. The third kappa shape index (κ3) is 4.15. The van der Waals surface area contributed by atoms with Crippen LogP contribution in [0.4, 0.5) is 0 Å². The van der Waals surface area contributed by atoms with E-state index in [1.165, 1.54) is 11.1 Å². The van der Waals surface area contributed by atoms with E-state index in [2.05, 4.69) is 89.6 Å². The second-order valence-corrected chi connectivity index (χ2v) is 7.47. The van der Waals surface area contributed by atoms with Crippen LogP contribution in [0.15, 0.2) is 128 Å². The van der Waals surface area contributed by atoms with E-state index in [1.807, 2.05) is 30.3 Å². The second-order valence-electron chi connectivity index (χ2n) is 7.47. The van der Waals surface area contributed by atoms with Crippen LogP contribution in [0, 0.1) is 0 Å². The molecular weight excluding hydrogens is 394 g/mol. The van der Waals surface area contributed by atoms with Gasteiger partial charge in [-0.15, -0.1) is 0 Å². The summed E-state index contributed by atoms with van der Waals surface area (Å²) in [4.78, 5) is 0. The van der Waals surface area contributed by atoms with Gasteiger partial charge in [-0.1, -0.05) is 78.9 Å². The zero-order chi connectivity index (χ0) is 21.0. The van der Waals surface area contributed by atoms with Crippen LogP contribution >= 0.6 is 0 Å². The summed E-state index contributed by atoms with van der Waals surface area (Å²) >= 11 is 0. The molecule has 0 saturated heterocycles. The highest BCUT2D eigenvalue weighted by molar-refractivity contribution is 5.84. The van der Waals surface area contributed by atoms with Gasteiger partial charge in [0.25, 0.3) is 0 Å². The number of phenolic OH excluding ortho intramolecular Hbond substituents is 1. The van der Waals surface area contributed by atoms with E-state index >= 15 is 0 Å². The fourth-order valence-electron chi connectivity index (χ4n) is 3.91. The van der Waals surface area contributed by atoms with E-state index in [4.69, 9.17) is 0 Å². The number of aromatic nitrogens is 1. The number of benzene rings is 4. The zero-order valence-electron chi connectivity index (χ0n) is 17.5. The number of pyridine rings is 1. The van der Waals surface area contributed by atoms with E-state index in [0.717, 1.165) is 28.1 Å². The molecule has 5 aromatic rings. The molecule has 1 heterocycles. The molecule has 1 aromatic heterocycles. The lowest BCUT2D eigenvalue weighted by Crippen LogP contribution is -2.33. The van der Waals surface area contributed by atoms with E-state index in [-0.39, 0.29) is 11.2 Å². The highest BCUT2D eigenvalue weighted by Crippen LogP contribution is 2.34. The molecule has 3 nitrogen and oxygen atoms in total. The maximum atomic E-state index is 9.81. The number of hydrogen-bond donors (Lipinski definition) is 1. The molecule has 0 bridgehead atoms. The summed E-state index contributed by atoms with van der Waals surface area (Å²) < 4.78 is 2.20. The van der Waals surface area contributed by atoms with Crippen molar-refractivity contribution in [1.29, 1.82) is 0 Å². The third-order valence-corrected chi connectivity index (χ3v) is 5.46. The van der Waals surface area contributed by atoms with Crippen molar-refractivity contribution < 1.29 is 15.1 Å². The second kappa shape index (κ2) is 9.29. The summed E-state index contributed by atoms with van der Waals surface area (Å²) in [5.74, 6) is 0.259. The van der Waals surface area contributed by atoms with Crippen molar-refractivity contribution in [2.75, 3.05) is 0 Å². The van der Waals surface area contributed by atoms with Gasteiger partial charge >= 0.3 is 0 Å². The van der Waals surface area contributed by atoms with Crippen LogP contribution in [0.25, 0.3) is 39.2 Å². The number of rotatable bonds is 4. The molecule has 156 valence electrons. The van der Waals surface area contributed by atoms with Gasteiger partial charge in [-0.2, -0.15) is 4.57 Å². The van der Waals surface area contributed by atoms with Crippen molar-refractivity contribution in [2.45, 2.75) is 0 Å². The Labute approximate surface area is 187 Å². The minimum atomic E-state index is 0. The fourth-order valence-corrected chi connectivity index (χ4v) is 3.91. The van der Waals surface area contributed by atoms with Gasteiger partial charge in [-0.05, 0) is 35.4 Å². The largest absolute Gasteiger partial charge is 0.870 e. The maximum Gasteiger partial charge on any atom is 0.219 e. The van der Waals surface area contributed by atoms with Crippen molar-refractivity contribution in [2.24, 2.45) is 0 Å². The molecule has 0 saturated carbocycles. The highest BCUT2D eigenvalue weighted by Gasteiger charge is 2.22. The third-order valence-electron chi connectivity index (χ3n) is 5.46. The predicted molar refractivity (Wildman–Crippen MR) is 128 cm³/mol. The first-order valence-electron chi connectivity index (χ1n) is 10.3. The topological polar surface area (TPSA) is 54.1 Å². The fraction of sp³-hybridized carbons (Fsp3) is 0. The van der Waals surface area contributed by atoms with Gasteiger partial charge in [0.1, 0.15) is 5.75 Å². The molecular formula is C29H23NO2. The van der Waals surface area contributed by atoms with E-state index < -0.39 is 0 Å². The Balaban J connectivity index is 0.00000245. The van der Waals surface area contributed by atoms with Crippen LogP contribution < -0.4 is 4.57 Å². The molecule has 5 rings (SSSR count). The Morgan fingerprint density at radius 2 is 0.969 bits per heavy atom. The van der Waals surface area contributed by atoms with Gasteiger partial charge in [0, 0.05) is 29.3 Å². The van der Waals surface area contributed by atoms with E-state index in [0.29, 0.717) is 0 Å². The van der Waals surface area contributed by atoms with Crippen LogP contribution in [0.5, 0.6) is 5.75 Å². The first-order valence-corrected chi connectivity index (χ1v) is 10.3. The first kappa shape index (κ1) is 21.0. The van der Waals surface area contributed by atoms with Crippen molar-refractivity contribution >= 4 is 0 Å². The molecule has 3 heteroatoms. The molecule has 0 atom stereocenters. The van der Waals surface area contributed by atoms with Crippen molar-refractivity contribution in [3.05, 3.63) is 128 Å². The maximum absolute atomic E-state index is 9.81. The van der Waals surface area contributed by atoms with Crippen molar-refractivity contribution in [1.82, 2.24) is 0 Å². The van der Waals surface area contributed by atoms with Gasteiger partial charge in [0.15, 0.2) is 6.20 Å². The van der Waals surface area contributed by atoms with Crippen LogP contribution in [0.2, 0.25) is 0 Å². The van der Waals surface area contributed by atoms with Gasteiger partial charge in [0.2, 0.25) is 11.4 Å². The smallest absolute Gasteiger partial charge is 0.219 e. The molecule has 0 amide bonds. The van der Waals surface area contributed by atoms with Crippen LogP contribution in [-0.4, -0.2) is 10.6 Å². The van der Waals surface area contributed by atoms with Gasteiger partial charge < -0.3 is 10.6 Å². The molecule has 0 aliphatic carbocycles. The summed E-state index contributed by atoms with van der Waals surface area (Å²) in [6.07, 6.45) is 2.20. The Bertz CT molecular complexity index is 1300. The monoisotopic (exact) mass is 417 g/mol. The molecule has 0 aliphatic rings. The quantitative estimate of drug-likeness (QED) is 0.340. The minimum Gasteiger partial charge on any atom is -0.870 e. The van der Waals surface area contributed by atoms with E-state index in [9.17, 15) is 5.11 Å². The molecule has 4 aromatic carbocycles. The van der Waals surface area contributed by atoms with Crippen LogP contribution in [0.1, 0.15) is 0 Å². The van der Waals surface area contributed by atoms with Gasteiger partial charge in [0.05, 0.1) is 5.56 Å². The Morgan fingerprint density at radius 3 is 1.50 bits per heavy atom. The lowest BCUT2D eigenvalue weighted by molar-refractivity contribution is -0.583. The molecule has 0 unspecified atom stereocenters. The normalized spacial score (nSPS) is 10.4. The first-order chi connectivity index (χ1) is 15.3. The highest BCUT2D eigenvalue weighted by atomic mass is 16.3. The predicted octanol–water partition coefficient (Wildman–Crippen LogP) is 6.49. The number of hydrogen-bond acceptors (Lipinski definition) is 2. The molecule has 0 radical (unpaired) electrons. The molecule has 0 aliphatic heterocycles. The summed E-state index contributed by atoms with van der Waals surface area (Å²) in [6, 6.07) is 41.0. The Hall–Kier alpha value is -4.21. The minimum absolute atomic E-state index is 0. The zero-order valence-corrected chi connectivity index (χ0v) is 17.5. The molecule has 0 fully saturated rings. The summed E-state index contributed by atoms with van der Waals surface area (Å²) in [7, 11) is 0. The Kier molecular flexibility index (Phi) is 6.11. The standard InChI is InChI=1S/C29H21NO.H2O/c31-26-18-16-25(17-19-26)30-21-28(23-12-6-2-7-13-23)27(22-10-4-1-5-11-22)20-29(30)24-14-8-3-9-15-24;/h1-21H;1H2. The van der Waals surface area contributed by atoms with Crippen molar-refractivity contribution in [3.8, 4) is 44.9 Å². The van der Waals surface area contributed by atoms with E-state index in [1.54, 1.807) is 12.1 Å². The van der Waals surface area contributed by atoms with Crippen molar-refractivity contribution in [3.63, 3.8) is 0 Å². The number of aromatic hydroxyl groups is 1. The molecule has 32 heavy (non-hydrogen) atoms. The average Bonchev–Trinajstić information content (AvgIpc) is 2.85. The Morgan fingerprint density at radius 1 is 0.500 bits per heavy atom. The molecule has 0 spiro atoms. The van der Waals surface area contributed by atoms with Crippen LogP contribution in [0.3, 0.4) is 0 Å². The number of phenols is 1. The number of nitrogens with zero attached hydrogens (tertiary/aromatic N) is 1. The lowest BCUT2D eigenvalue weighted by atomic mass is 9.94. The summed E-state index contributed by atoms with van der Waals surface area (Å²) in [5.41, 5.74) is 7.88. The summed E-state index contributed by atoms with van der Waals surface area (Å²) in [5, 5.41) is 9.81. The lowest BCUT2D eigenvalue weighted by Gasteiger charge is -2.13. The summed E-state index contributed by atoms with van der Waals surface area (Å²) in [6.45, 7) is 0. The van der Waals surface area contributed by atoms with Gasteiger partial charge in [-0.25, -0.2) is 0 Å². The van der Waals surface area contributed by atoms with Gasteiger partial charge in [-0.3, -0.25) is 0 Å². The average molecular weight is 418 g/mol. The van der Waals surface area contributed by atoms with Crippen LogP contribution in [-0.2, 0) is 0 Å². The SMILES string of the molecule is Oc1ccc(-[n+]2cc(-c3ccccc3)c(-c3ccccc3)cc2-c2ccccc2)cc1.[OH-].